The van der Waals surface area contributed by atoms with Gasteiger partial charge in [-0.25, -0.2) is 0 Å². The highest BCUT2D eigenvalue weighted by molar-refractivity contribution is 6.36. The van der Waals surface area contributed by atoms with Gasteiger partial charge >= 0.3 is 0 Å². The summed E-state index contributed by atoms with van der Waals surface area (Å²) < 4.78 is 5.82. The molecule has 2 unspecified atom stereocenters. The van der Waals surface area contributed by atoms with Crippen molar-refractivity contribution < 1.29 is 4.74 Å². The third-order valence-corrected chi connectivity index (χ3v) is 4.37. The molecule has 1 aliphatic rings. The molecule has 0 aromatic heterocycles. The van der Waals surface area contributed by atoms with E-state index in [0.717, 1.165) is 25.0 Å². The molecule has 0 saturated carbocycles. The van der Waals surface area contributed by atoms with Gasteiger partial charge in [-0.05, 0) is 43.9 Å². The van der Waals surface area contributed by atoms with Gasteiger partial charge in [-0.3, -0.25) is 11.3 Å². The van der Waals surface area contributed by atoms with Crippen LogP contribution in [0.3, 0.4) is 0 Å². The van der Waals surface area contributed by atoms with Crippen LogP contribution in [0.2, 0.25) is 10.0 Å². The van der Waals surface area contributed by atoms with E-state index >= 15 is 0 Å². The van der Waals surface area contributed by atoms with Crippen LogP contribution in [0.25, 0.3) is 0 Å². The zero-order valence-electron chi connectivity index (χ0n) is 10.4. The Hall–Kier alpha value is -0.320. The first kappa shape index (κ1) is 14.1. The minimum Gasteiger partial charge on any atom is -0.374 e. The van der Waals surface area contributed by atoms with Crippen LogP contribution in [-0.4, -0.2) is 18.2 Å². The molecule has 1 fully saturated rings. The van der Waals surface area contributed by atoms with Gasteiger partial charge in [0.1, 0.15) is 0 Å². The number of hydrogen-bond donors (Lipinski definition) is 2. The van der Waals surface area contributed by atoms with E-state index in [1.807, 2.05) is 18.2 Å². The number of nitrogens with one attached hydrogen (secondary N) is 1. The molecule has 0 radical (unpaired) electrons. The molecule has 0 spiro atoms. The smallest absolute Gasteiger partial charge is 0.0824 e. The minimum atomic E-state index is -0.253. The molecule has 3 N–H and O–H groups in total. The van der Waals surface area contributed by atoms with Crippen LogP contribution in [-0.2, 0) is 11.2 Å². The molecule has 1 aromatic carbocycles. The molecule has 5 heteroatoms. The van der Waals surface area contributed by atoms with Gasteiger partial charge in [0.05, 0.1) is 11.6 Å². The highest BCUT2D eigenvalue weighted by Crippen LogP contribution is 2.33. The fourth-order valence-corrected chi connectivity index (χ4v) is 3.01. The van der Waals surface area contributed by atoms with Crippen molar-refractivity contribution in [1.29, 1.82) is 0 Å². The maximum Gasteiger partial charge on any atom is 0.0824 e. The lowest BCUT2D eigenvalue weighted by atomic mass is 9.89. The Balaban J connectivity index is 2.20. The number of hydrazine groups is 1. The maximum absolute atomic E-state index is 6.19. The number of hydrogen-bond acceptors (Lipinski definition) is 3. The fourth-order valence-electron chi connectivity index (χ4n) is 2.46. The third-order valence-electron chi connectivity index (χ3n) is 3.66. The number of nitrogens with two attached hydrogens (primary N) is 1. The average molecular weight is 289 g/mol. The van der Waals surface area contributed by atoms with Gasteiger partial charge in [0.2, 0.25) is 0 Å². The van der Waals surface area contributed by atoms with Crippen LogP contribution in [0, 0.1) is 0 Å². The van der Waals surface area contributed by atoms with Gasteiger partial charge in [0.25, 0.3) is 0 Å². The summed E-state index contributed by atoms with van der Waals surface area (Å²) in [7, 11) is 0. The first-order valence-corrected chi connectivity index (χ1v) is 6.85. The predicted octanol–water partition coefficient (Wildman–Crippen LogP) is 2.94. The van der Waals surface area contributed by atoms with Crippen LogP contribution >= 0.6 is 23.2 Å². The second kappa shape index (κ2) is 5.76. The largest absolute Gasteiger partial charge is 0.374 e. The zero-order chi connectivity index (χ0) is 13.2. The molecular formula is C13H18Cl2N2O. The Morgan fingerprint density at radius 3 is 2.61 bits per heavy atom. The Morgan fingerprint density at radius 1 is 1.44 bits per heavy atom. The summed E-state index contributed by atoms with van der Waals surface area (Å²) in [6, 6.07) is 5.52. The van der Waals surface area contributed by atoms with Crippen LogP contribution in [0.15, 0.2) is 18.2 Å². The maximum atomic E-state index is 6.19. The SMILES string of the molecule is CC1(C(Cc2c(Cl)cccc2Cl)NN)CCCO1. The quantitative estimate of drug-likeness (QED) is 0.662. The summed E-state index contributed by atoms with van der Waals surface area (Å²) in [6.07, 6.45) is 2.71. The van der Waals surface area contributed by atoms with Gasteiger partial charge in [0.15, 0.2) is 0 Å². The highest BCUT2D eigenvalue weighted by atomic mass is 35.5. The van der Waals surface area contributed by atoms with Crippen molar-refractivity contribution in [2.75, 3.05) is 6.61 Å². The summed E-state index contributed by atoms with van der Waals surface area (Å²) in [6.45, 7) is 2.86. The first-order valence-electron chi connectivity index (χ1n) is 6.10. The summed E-state index contributed by atoms with van der Waals surface area (Å²) in [4.78, 5) is 0. The van der Waals surface area contributed by atoms with Crippen molar-refractivity contribution in [3.05, 3.63) is 33.8 Å². The van der Waals surface area contributed by atoms with Gasteiger partial charge < -0.3 is 4.74 Å². The molecule has 18 heavy (non-hydrogen) atoms. The van der Waals surface area contributed by atoms with E-state index < -0.39 is 0 Å². The molecule has 100 valence electrons. The van der Waals surface area contributed by atoms with Crippen LogP contribution in [0.5, 0.6) is 0 Å². The molecule has 1 heterocycles. The summed E-state index contributed by atoms with van der Waals surface area (Å²) in [5, 5.41) is 1.34. The van der Waals surface area contributed by atoms with E-state index in [-0.39, 0.29) is 11.6 Å². The van der Waals surface area contributed by atoms with E-state index in [4.69, 9.17) is 33.8 Å². The van der Waals surface area contributed by atoms with E-state index in [0.29, 0.717) is 16.5 Å². The van der Waals surface area contributed by atoms with Crippen molar-refractivity contribution >= 4 is 23.2 Å². The number of halogens is 2. The second-order valence-corrected chi connectivity index (χ2v) is 5.70. The van der Waals surface area contributed by atoms with Crippen LogP contribution in [0.1, 0.15) is 25.3 Å². The van der Waals surface area contributed by atoms with Gasteiger partial charge in [-0.1, -0.05) is 29.3 Å². The second-order valence-electron chi connectivity index (χ2n) is 4.89. The van der Waals surface area contributed by atoms with Gasteiger partial charge in [-0.15, -0.1) is 0 Å². The number of benzene rings is 1. The van der Waals surface area contributed by atoms with Crippen molar-refractivity contribution in [1.82, 2.24) is 5.43 Å². The molecule has 1 aliphatic heterocycles. The normalized spacial score (nSPS) is 25.3. The lowest BCUT2D eigenvalue weighted by Crippen LogP contribution is -2.52. The molecule has 2 atom stereocenters. The lowest BCUT2D eigenvalue weighted by molar-refractivity contribution is -0.0114. The van der Waals surface area contributed by atoms with E-state index in [9.17, 15) is 0 Å². The average Bonchev–Trinajstić information content (AvgIpc) is 2.77. The standard InChI is InChI=1S/C13H18Cl2N2O/c1-13(6-3-7-18-13)12(17-16)8-9-10(14)4-2-5-11(9)15/h2,4-5,12,17H,3,6-8,16H2,1H3. The molecule has 0 amide bonds. The topological polar surface area (TPSA) is 47.3 Å². The monoisotopic (exact) mass is 288 g/mol. The summed E-state index contributed by atoms with van der Waals surface area (Å²) in [5.41, 5.74) is 3.51. The van der Waals surface area contributed by atoms with Crippen LogP contribution in [0.4, 0.5) is 0 Å². The van der Waals surface area contributed by atoms with Crippen molar-refractivity contribution in [3.63, 3.8) is 0 Å². The number of ether oxygens (including phenoxy) is 1. The van der Waals surface area contributed by atoms with E-state index in [1.54, 1.807) is 0 Å². The molecule has 3 nitrogen and oxygen atoms in total. The summed E-state index contributed by atoms with van der Waals surface area (Å²) >= 11 is 12.4. The molecular weight excluding hydrogens is 271 g/mol. The molecule has 1 aromatic rings. The predicted molar refractivity (Wildman–Crippen MR) is 74.9 cm³/mol. The molecule has 0 aliphatic carbocycles. The first-order chi connectivity index (χ1) is 8.57. The lowest BCUT2D eigenvalue weighted by Gasteiger charge is -2.33. The van der Waals surface area contributed by atoms with Crippen LogP contribution < -0.4 is 11.3 Å². The highest BCUT2D eigenvalue weighted by Gasteiger charge is 2.38. The van der Waals surface area contributed by atoms with Crippen molar-refractivity contribution in [3.8, 4) is 0 Å². The Bertz CT molecular complexity index is 399. The fraction of sp³-hybridized carbons (Fsp3) is 0.538. The van der Waals surface area contributed by atoms with E-state index in [2.05, 4.69) is 12.3 Å². The van der Waals surface area contributed by atoms with Crippen molar-refractivity contribution in [2.24, 2.45) is 5.84 Å². The Labute approximate surface area is 118 Å². The van der Waals surface area contributed by atoms with Gasteiger partial charge in [0, 0.05) is 16.7 Å². The summed E-state index contributed by atoms with van der Waals surface area (Å²) in [5.74, 6) is 5.67. The minimum absolute atomic E-state index is 0.00241. The third kappa shape index (κ3) is 2.81. The number of rotatable bonds is 4. The van der Waals surface area contributed by atoms with E-state index in [1.165, 1.54) is 0 Å². The Kier molecular flexibility index (Phi) is 4.51. The van der Waals surface area contributed by atoms with Crippen molar-refractivity contribution in [2.45, 2.75) is 37.8 Å². The Morgan fingerprint density at radius 2 is 2.11 bits per heavy atom. The molecule has 1 saturated heterocycles. The molecule has 2 rings (SSSR count). The zero-order valence-corrected chi connectivity index (χ0v) is 11.9. The molecule has 0 bridgehead atoms. The van der Waals surface area contributed by atoms with Gasteiger partial charge in [-0.2, -0.15) is 0 Å².